The summed E-state index contributed by atoms with van der Waals surface area (Å²) in [6, 6.07) is 0.801. The number of benzene rings is 1. The molecule has 16 heteroatoms. The maximum Gasteiger partial charge on any atom is 0.408 e. The molecular formula is C24H27F4N5O6S. The molecule has 0 unspecified atom stereocenters. The number of nitrogens with zero attached hydrogens (tertiary/aromatic N) is 2. The second kappa shape index (κ2) is 10.7. The molecule has 3 amide bonds. The molecule has 1 aromatic carbocycles. The van der Waals surface area contributed by atoms with Crippen LogP contribution in [0.4, 0.5) is 23.2 Å². The number of ether oxygens (including phenoxy) is 1. The molecule has 3 atom stereocenters. The Morgan fingerprint density at radius 1 is 1.23 bits per heavy atom. The van der Waals surface area contributed by atoms with Crippen LogP contribution in [0.25, 0.3) is 0 Å². The zero-order chi connectivity index (χ0) is 29.6. The number of aromatic nitrogens is 1. The molecule has 11 nitrogen and oxygen atoms in total. The average Bonchev–Trinajstić information content (AvgIpc) is 3.20. The van der Waals surface area contributed by atoms with Gasteiger partial charge in [0.1, 0.15) is 16.8 Å². The first kappa shape index (κ1) is 29.3. The molecule has 4 rings (SSSR count). The van der Waals surface area contributed by atoms with Crippen molar-refractivity contribution >= 4 is 33.4 Å². The van der Waals surface area contributed by atoms with E-state index in [0.29, 0.717) is 12.5 Å². The molecule has 1 aromatic heterocycles. The van der Waals surface area contributed by atoms with Crippen LogP contribution in [-0.4, -0.2) is 73.6 Å². The lowest BCUT2D eigenvalue weighted by Crippen LogP contribution is -2.58. The SMILES string of the molecule is Cc1cc(NC(=O)c2c3c(cn2C)S(=O)(=O)N[C@H]2CN(C(=O)C(=O)N[C@@H](C)C(F)(F)F)CC[C@H]2CO3)ccc1F. The number of carbonyl (C=O) groups excluding carboxylic acids is 3. The quantitative estimate of drug-likeness (QED) is 0.368. The molecule has 0 saturated carbocycles. The minimum absolute atomic E-state index is 0.0299. The summed E-state index contributed by atoms with van der Waals surface area (Å²) in [6.45, 7) is 1.86. The van der Waals surface area contributed by atoms with E-state index in [2.05, 4.69) is 10.0 Å². The van der Waals surface area contributed by atoms with Gasteiger partial charge >= 0.3 is 18.0 Å². The average molecular weight is 590 g/mol. The van der Waals surface area contributed by atoms with Gasteiger partial charge in [0.15, 0.2) is 11.4 Å². The number of carbonyl (C=O) groups is 3. The van der Waals surface area contributed by atoms with E-state index in [1.54, 1.807) is 5.32 Å². The van der Waals surface area contributed by atoms with Gasteiger partial charge in [-0.05, 0) is 44.0 Å². The molecule has 0 aliphatic carbocycles. The van der Waals surface area contributed by atoms with Crippen LogP contribution in [0.5, 0.6) is 5.75 Å². The van der Waals surface area contributed by atoms with Crippen LogP contribution >= 0.6 is 0 Å². The molecule has 1 saturated heterocycles. The van der Waals surface area contributed by atoms with Crippen LogP contribution in [0.3, 0.4) is 0 Å². The predicted octanol–water partition coefficient (Wildman–Crippen LogP) is 1.68. The predicted molar refractivity (Wildman–Crippen MR) is 132 cm³/mol. The molecule has 40 heavy (non-hydrogen) atoms. The third kappa shape index (κ3) is 5.91. The number of sulfonamides is 1. The van der Waals surface area contributed by atoms with E-state index in [1.165, 1.54) is 42.9 Å². The number of nitrogens with one attached hydrogen (secondary N) is 3. The molecule has 2 aliphatic heterocycles. The van der Waals surface area contributed by atoms with Gasteiger partial charge in [-0.3, -0.25) is 14.4 Å². The number of hydrogen-bond donors (Lipinski definition) is 3. The van der Waals surface area contributed by atoms with Gasteiger partial charge in [-0.1, -0.05) is 0 Å². The summed E-state index contributed by atoms with van der Waals surface area (Å²) in [6.07, 6.45) is -3.39. The topological polar surface area (TPSA) is 139 Å². The minimum atomic E-state index is -4.74. The van der Waals surface area contributed by atoms with Gasteiger partial charge in [0.25, 0.3) is 5.91 Å². The molecule has 3 heterocycles. The molecule has 218 valence electrons. The largest absolute Gasteiger partial charge is 0.489 e. The van der Waals surface area contributed by atoms with Crippen molar-refractivity contribution in [1.29, 1.82) is 0 Å². The zero-order valence-electron chi connectivity index (χ0n) is 21.6. The fraction of sp³-hybridized carbons (Fsp3) is 0.458. The summed E-state index contributed by atoms with van der Waals surface area (Å²) >= 11 is 0. The van der Waals surface area contributed by atoms with Crippen molar-refractivity contribution in [3.63, 3.8) is 0 Å². The second-order valence-electron chi connectivity index (χ2n) is 9.78. The monoisotopic (exact) mass is 589 g/mol. The Hall–Kier alpha value is -3.66. The highest BCUT2D eigenvalue weighted by molar-refractivity contribution is 7.89. The molecule has 2 aliphatic rings. The summed E-state index contributed by atoms with van der Waals surface area (Å²) in [4.78, 5) is 38.4. The Kier molecular flexibility index (Phi) is 7.86. The van der Waals surface area contributed by atoms with Crippen LogP contribution in [0.1, 0.15) is 29.4 Å². The van der Waals surface area contributed by atoms with E-state index >= 15 is 0 Å². The van der Waals surface area contributed by atoms with Crippen LogP contribution in [0, 0.1) is 18.7 Å². The zero-order valence-corrected chi connectivity index (χ0v) is 22.5. The first-order chi connectivity index (χ1) is 18.6. The van der Waals surface area contributed by atoms with E-state index in [1.807, 2.05) is 0 Å². The number of piperidine rings is 1. The number of anilines is 1. The van der Waals surface area contributed by atoms with Crippen molar-refractivity contribution in [2.24, 2.45) is 13.0 Å². The Balaban J connectivity index is 1.53. The van der Waals surface area contributed by atoms with Gasteiger partial charge in [-0.25, -0.2) is 17.5 Å². The normalized spacial score (nSPS) is 21.1. The number of hydrogen-bond acceptors (Lipinski definition) is 6. The van der Waals surface area contributed by atoms with Crippen LogP contribution < -0.4 is 20.1 Å². The highest BCUT2D eigenvalue weighted by atomic mass is 32.2. The Morgan fingerprint density at radius 2 is 1.93 bits per heavy atom. The summed E-state index contributed by atoms with van der Waals surface area (Å²) in [5, 5.41) is 4.21. The van der Waals surface area contributed by atoms with Crippen molar-refractivity contribution in [3.8, 4) is 5.75 Å². The molecule has 0 bridgehead atoms. The van der Waals surface area contributed by atoms with Gasteiger partial charge in [0.05, 0.1) is 6.61 Å². The second-order valence-corrected chi connectivity index (χ2v) is 11.5. The highest BCUT2D eigenvalue weighted by Crippen LogP contribution is 2.35. The summed E-state index contributed by atoms with van der Waals surface area (Å²) in [7, 11) is -2.87. The van der Waals surface area contributed by atoms with Gasteiger partial charge in [0, 0.05) is 44.0 Å². The number of aryl methyl sites for hydroxylation is 2. The van der Waals surface area contributed by atoms with Crippen LogP contribution in [0.2, 0.25) is 0 Å². The molecule has 3 N–H and O–H groups in total. The first-order valence-corrected chi connectivity index (χ1v) is 13.6. The maximum atomic E-state index is 13.6. The van der Waals surface area contributed by atoms with Gasteiger partial charge < -0.3 is 24.8 Å². The number of likely N-dealkylation sites (tertiary alicyclic amines) is 1. The first-order valence-electron chi connectivity index (χ1n) is 12.2. The van der Waals surface area contributed by atoms with E-state index < -0.39 is 57.7 Å². The fourth-order valence-electron chi connectivity index (χ4n) is 4.54. The molecule has 1 fully saturated rings. The fourth-order valence-corrected chi connectivity index (χ4v) is 6.03. The molecule has 2 aromatic rings. The highest BCUT2D eigenvalue weighted by Gasteiger charge is 2.42. The third-order valence-corrected chi connectivity index (χ3v) is 8.33. The summed E-state index contributed by atoms with van der Waals surface area (Å²) in [5.74, 6) is -4.50. The van der Waals surface area contributed by atoms with Crippen molar-refractivity contribution in [3.05, 3.63) is 41.5 Å². The minimum Gasteiger partial charge on any atom is -0.489 e. The Labute approximate surface area is 226 Å². The number of fused-ring (bicyclic) bond motifs is 2. The standard InChI is InChI=1S/C24H27F4N5O6S/c1-12-8-15(4-5-16(12)25)30-21(34)19-20-18(10-32(19)3)40(37,38)31-17-9-33(7-6-14(17)11-39-20)23(36)22(35)29-13(2)24(26,27)28/h4-5,8,10,13-14,17,31H,6-7,9,11H2,1-3H3,(H,29,35)(H,30,34)/t13-,14-,17-/m0/s1. The van der Waals surface area contributed by atoms with Crippen LogP contribution in [-0.2, 0) is 26.7 Å². The van der Waals surface area contributed by atoms with Crippen molar-refractivity contribution in [2.45, 2.75) is 43.4 Å². The van der Waals surface area contributed by atoms with E-state index in [0.717, 1.165) is 4.90 Å². The molecule has 0 radical (unpaired) electrons. The third-order valence-electron chi connectivity index (χ3n) is 6.85. The van der Waals surface area contributed by atoms with Gasteiger partial charge in [0.2, 0.25) is 10.0 Å². The lowest BCUT2D eigenvalue weighted by Gasteiger charge is -2.39. The lowest BCUT2D eigenvalue weighted by atomic mass is 9.93. The molecular weight excluding hydrogens is 562 g/mol. The van der Waals surface area contributed by atoms with E-state index in [9.17, 15) is 40.4 Å². The van der Waals surface area contributed by atoms with E-state index in [4.69, 9.17) is 4.74 Å². The number of halogens is 4. The maximum absolute atomic E-state index is 13.6. The van der Waals surface area contributed by atoms with Crippen molar-refractivity contribution < 1.29 is 45.1 Å². The Bertz CT molecular complexity index is 1460. The van der Waals surface area contributed by atoms with Crippen LogP contribution in [0.15, 0.2) is 29.3 Å². The van der Waals surface area contributed by atoms with E-state index in [-0.39, 0.29) is 48.1 Å². The number of rotatable bonds is 3. The van der Waals surface area contributed by atoms with Crippen molar-refractivity contribution in [1.82, 2.24) is 19.5 Å². The summed E-state index contributed by atoms with van der Waals surface area (Å²) < 4.78 is 88.2. The number of alkyl halides is 3. The van der Waals surface area contributed by atoms with Gasteiger partial charge in [-0.2, -0.15) is 13.2 Å². The smallest absolute Gasteiger partial charge is 0.408 e. The Morgan fingerprint density at radius 3 is 2.58 bits per heavy atom. The number of amides is 3. The summed E-state index contributed by atoms with van der Waals surface area (Å²) in [5.41, 5.74) is 0.492. The van der Waals surface area contributed by atoms with Gasteiger partial charge in [-0.15, -0.1) is 0 Å². The van der Waals surface area contributed by atoms with Crippen molar-refractivity contribution in [2.75, 3.05) is 25.0 Å². The molecule has 0 spiro atoms. The lowest BCUT2D eigenvalue weighted by molar-refractivity contribution is -0.162.